The molecule has 0 bridgehead atoms. The summed E-state index contributed by atoms with van der Waals surface area (Å²) < 4.78 is 9.81. The summed E-state index contributed by atoms with van der Waals surface area (Å²) in [6.07, 6.45) is 1.24. The lowest BCUT2D eigenvalue weighted by atomic mass is 10.0. The summed E-state index contributed by atoms with van der Waals surface area (Å²) in [5.74, 6) is 0.650. The normalized spacial score (nSPS) is 11.7. The van der Waals surface area contributed by atoms with E-state index in [-0.39, 0.29) is 11.9 Å². The lowest BCUT2D eigenvalue weighted by Gasteiger charge is -2.18. The average molecular weight is 322 g/mol. The van der Waals surface area contributed by atoms with Crippen LogP contribution in [0.3, 0.4) is 0 Å². The number of hydrogen-bond acceptors (Lipinski definition) is 4. The van der Waals surface area contributed by atoms with Crippen molar-refractivity contribution < 1.29 is 19.1 Å². The minimum atomic E-state index is -0.624. The van der Waals surface area contributed by atoms with E-state index in [1.165, 1.54) is 7.11 Å². The lowest BCUT2D eigenvalue weighted by molar-refractivity contribution is -0.143. The molecule has 0 aromatic heterocycles. The van der Waals surface area contributed by atoms with Gasteiger partial charge in [0.25, 0.3) is 0 Å². The minimum absolute atomic E-state index is 0.277. The van der Waals surface area contributed by atoms with Crippen molar-refractivity contribution in [3.8, 4) is 5.75 Å². The molecule has 0 aliphatic carbocycles. The molecule has 0 spiro atoms. The van der Waals surface area contributed by atoms with Gasteiger partial charge in [0.15, 0.2) is 0 Å². The van der Waals surface area contributed by atoms with Gasteiger partial charge in [-0.15, -0.1) is 0 Å². The highest BCUT2D eigenvalue weighted by atomic mass is 16.5. The first-order valence-corrected chi connectivity index (χ1v) is 7.71. The van der Waals surface area contributed by atoms with Crippen LogP contribution in [0.15, 0.2) is 24.3 Å². The molecule has 0 unspecified atom stereocenters. The summed E-state index contributed by atoms with van der Waals surface area (Å²) >= 11 is 0. The number of carbonyl (C=O) groups excluding carboxylic acids is 2. The molecule has 0 fully saturated rings. The molecule has 0 aliphatic heterocycles. The van der Waals surface area contributed by atoms with E-state index in [4.69, 9.17) is 9.47 Å². The molecule has 0 aliphatic rings. The predicted molar refractivity (Wildman–Crippen MR) is 88.5 cm³/mol. The molecule has 128 valence electrons. The van der Waals surface area contributed by atoms with Gasteiger partial charge in [-0.1, -0.05) is 26.0 Å². The van der Waals surface area contributed by atoms with Crippen LogP contribution in [-0.4, -0.2) is 38.8 Å². The first-order valence-electron chi connectivity index (χ1n) is 7.71. The van der Waals surface area contributed by atoms with Crippen LogP contribution in [0.25, 0.3) is 0 Å². The van der Waals surface area contributed by atoms with Gasteiger partial charge in [0, 0.05) is 6.54 Å². The number of ether oxygens (including phenoxy) is 2. The van der Waals surface area contributed by atoms with Gasteiger partial charge >= 0.3 is 12.0 Å². The monoisotopic (exact) mass is 322 g/mol. The number of benzene rings is 1. The number of urea groups is 1. The largest absolute Gasteiger partial charge is 0.497 e. The van der Waals surface area contributed by atoms with Crippen molar-refractivity contribution >= 4 is 12.0 Å². The first kappa shape index (κ1) is 18.8. The Morgan fingerprint density at radius 3 is 2.30 bits per heavy atom. The molecular formula is C17H26N2O4. The molecule has 0 heterocycles. The number of carbonyl (C=O) groups is 2. The average Bonchev–Trinajstić information content (AvgIpc) is 2.53. The van der Waals surface area contributed by atoms with Gasteiger partial charge < -0.3 is 20.1 Å². The second-order valence-corrected chi connectivity index (χ2v) is 5.70. The maximum atomic E-state index is 11.9. The third-order valence-corrected chi connectivity index (χ3v) is 3.36. The molecule has 1 aromatic rings. The summed E-state index contributed by atoms with van der Waals surface area (Å²) in [5.41, 5.74) is 1.10. The number of esters is 1. The Bertz CT molecular complexity index is 500. The molecule has 1 atom stereocenters. The van der Waals surface area contributed by atoms with E-state index in [1.54, 1.807) is 7.11 Å². The highest BCUT2D eigenvalue weighted by molar-refractivity contribution is 5.83. The van der Waals surface area contributed by atoms with Gasteiger partial charge in [-0.25, -0.2) is 9.59 Å². The maximum absolute atomic E-state index is 11.9. The number of methoxy groups -OCH3 is 2. The Morgan fingerprint density at radius 2 is 1.78 bits per heavy atom. The Labute approximate surface area is 137 Å². The fourth-order valence-electron chi connectivity index (χ4n) is 2.15. The second-order valence-electron chi connectivity index (χ2n) is 5.70. The van der Waals surface area contributed by atoms with Crippen molar-refractivity contribution in [1.29, 1.82) is 0 Å². The van der Waals surface area contributed by atoms with E-state index in [0.717, 1.165) is 11.3 Å². The molecule has 0 saturated carbocycles. The third kappa shape index (κ3) is 7.04. The van der Waals surface area contributed by atoms with Crippen molar-refractivity contribution in [2.45, 2.75) is 32.7 Å². The lowest BCUT2D eigenvalue weighted by Crippen LogP contribution is -2.47. The maximum Gasteiger partial charge on any atom is 0.328 e. The van der Waals surface area contributed by atoms with Gasteiger partial charge in [0.05, 0.1) is 14.2 Å². The van der Waals surface area contributed by atoms with Crippen LogP contribution in [0.5, 0.6) is 5.75 Å². The van der Waals surface area contributed by atoms with E-state index in [2.05, 4.69) is 10.6 Å². The van der Waals surface area contributed by atoms with Crippen LogP contribution in [0.2, 0.25) is 0 Å². The molecule has 1 aromatic carbocycles. The topological polar surface area (TPSA) is 76.7 Å². The Hall–Kier alpha value is -2.24. The van der Waals surface area contributed by atoms with Gasteiger partial charge in [-0.2, -0.15) is 0 Å². The van der Waals surface area contributed by atoms with E-state index >= 15 is 0 Å². The van der Waals surface area contributed by atoms with Crippen molar-refractivity contribution in [3.05, 3.63) is 29.8 Å². The molecule has 0 saturated heterocycles. The fraction of sp³-hybridized carbons (Fsp3) is 0.529. The standard InChI is InChI=1S/C17H26N2O4/c1-12(2)11-15(16(20)23-4)19-17(21)18-10-9-13-5-7-14(22-3)8-6-13/h5-8,12,15H,9-11H2,1-4H3,(H2,18,19,21)/t15-/m1/s1. The predicted octanol–water partition coefficient (Wildman–Crippen LogP) is 2.12. The number of nitrogens with one attached hydrogen (secondary N) is 2. The number of amides is 2. The first-order chi connectivity index (χ1) is 11.0. The molecule has 23 heavy (non-hydrogen) atoms. The second kappa shape index (κ2) is 9.71. The molecule has 1 rings (SSSR count). The van der Waals surface area contributed by atoms with E-state index in [0.29, 0.717) is 19.4 Å². The SMILES string of the molecule is COC(=O)[C@@H](CC(C)C)NC(=O)NCCc1ccc(OC)cc1. The molecule has 6 heteroatoms. The Kier molecular flexibility index (Phi) is 7.94. The van der Waals surface area contributed by atoms with Crippen LogP contribution < -0.4 is 15.4 Å². The number of rotatable bonds is 8. The van der Waals surface area contributed by atoms with Crippen LogP contribution in [-0.2, 0) is 16.0 Å². The van der Waals surface area contributed by atoms with Crippen LogP contribution in [0.4, 0.5) is 4.79 Å². The summed E-state index contributed by atoms with van der Waals surface area (Å²) in [6, 6.07) is 6.68. The van der Waals surface area contributed by atoms with Crippen LogP contribution in [0, 0.1) is 5.92 Å². The van der Waals surface area contributed by atoms with Crippen LogP contribution >= 0.6 is 0 Å². The Balaban J connectivity index is 2.40. The van der Waals surface area contributed by atoms with E-state index in [1.807, 2.05) is 38.1 Å². The Morgan fingerprint density at radius 1 is 1.13 bits per heavy atom. The molecule has 2 amide bonds. The van der Waals surface area contributed by atoms with Crippen molar-refractivity contribution in [3.63, 3.8) is 0 Å². The van der Waals surface area contributed by atoms with E-state index in [9.17, 15) is 9.59 Å². The zero-order valence-electron chi connectivity index (χ0n) is 14.2. The van der Waals surface area contributed by atoms with Gasteiger partial charge in [0.1, 0.15) is 11.8 Å². The van der Waals surface area contributed by atoms with Crippen molar-refractivity contribution in [1.82, 2.24) is 10.6 Å². The highest BCUT2D eigenvalue weighted by Crippen LogP contribution is 2.11. The van der Waals surface area contributed by atoms with Gasteiger partial charge in [-0.3, -0.25) is 0 Å². The van der Waals surface area contributed by atoms with E-state index < -0.39 is 12.0 Å². The smallest absolute Gasteiger partial charge is 0.328 e. The van der Waals surface area contributed by atoms with Crippen LogP contribution in [0.1, 0.15) is 25.8 Å². The van der Waals surface area contributed by atoms with Crippen molar-refractivity contribution in [2.24, 2.45) is 5.92 Å². The number of hydrogen-bond donors (Lipinski definition) is 2. The third-order valence-electron chi connectivity index (χ3n) is 3.36. The summed E-state index contributed by atoms with van der Waals surface area (Å²) in [7, 11) is 2.94. The minimum Gasteiger partial charge on any atom is -0.497 e. The molecule has 0 radical (unpaired) electrons. The highest BCUT2D eigenvalue weighted by Gasteiger charge is 2.22. The fourth-order valence-corrected chi connectivity index (χ4v) is 2.15. The molecule has 6 nitrogen and oxygen atoms in total. The summed E-state index contributed by atoms with van der Waals surface area (Å²) in [4.78, 5) is 23.6. The van der Waals surface area contributed by atoms with Gasteiger partial charge in [0.2, 0.25) is 0 Å². The summed E-state index contributed by atoms with van der Waals surface area (Å²) in [5, 5.41) is 5.41. The molecular weight excluding hydrogens is 296 g/mol. The molecule has 2 N–H and O–H groups in total. The zero-order valence-corrected chi connectivity index (χ0v) is 14.2. The summed E-state index contributed by atoms with van der Waals surface area (Å²) in [6.45, 7) is 4.45. The van der Waals surface area contributed by atoms with Crippen molar-refractivity contribution in [2.75, 3.05) is 20.8 Å². The van der Waals surface area contributed by atoms with Gasteiger partial charge in [-0.05, 0) is 36.5 Å². The quantitative estimate of drug-likeness (QED) is 0.719. The zero-order chi connectivity index (χ0) is 17.2.